The fraction of sp³-hybridized carbons (Fsp3) is 0.821. The van der Waals surface area contributed by atoms with E-state index in [1.165, 1.54) is 244 Å². The zero-order chi connectivity index (χ0) is 52.9. The number of carbonyl (C=O) groups is 2. The molecule has 0 radical (unpaired) electrons. The summed E-state index contributed by atoms with van der Waals surface area (Å²) in [4.78, 5) is 24.5. The van der Waals surface area contributed by atoms with E-state index in [1.54, 1.807) is 6.08 Å². The first-order valence-corrected chi connectivity index (χ1v) is 32.1. The summed E-state index contributed by atoms with van der Waals surface area (Å²) in [6, 6.07) is -0.627. The van der Waals surface area contributed by atoms with E-state index in [9.17, 15) is 19.8 Å². The maximum Gasteiger partial charge on any atom is 0.305 e. The number of carbonyl (C=O) groups excluding carboxylic acids is 2. The Hall–Kier alpha value is -2.44. The molecule has 2 unspecified atom stereocenters. The Morgan fingerprint density at radius 1 is 0.384 bits per heavy atom. The molecule has 2 atom stereocenters. The zero-order valence-corrected chi connectivity index (χ0v) is 48.6. The average molecular weight is 1020 g/mol. The summed E-state index contributed by atoms with van der Waals surface area (Å²) < 4.78 is 5.47. The van der Waals surface area contributed by atoms with Crippen molar-refractivity contribution in [1.29, 1.82) is 0 Å². The molecular formula is C67H123NO5. The molecule has 6 heteroatoms. The second-order valence-corrected chi connectivity index (χ2v) is 21.7. The van der Waals surface area contributed by atoms with Crippen LogP contribution < -0.4 is 5.32 Å². The van der Waals surface area contributed by atoms with E-state index < -0.39 is 12.1 Å². The molecule has 0 saturated heterocycles. The van der Waals surface area contributed by atoms with Crippen LogP contribution in [0.5, 0.6) is 0 Å². The van der Waals surface area contributed by atoms with Crippen molar-refractivity contribution in [2.75, 3.05) is 13.2 Å². The van der Waals surface area contributed by atoms with Gasteiger partial charge < -0.3 is 20.3 Å². The molecule has 73 heavy (non-hydrogen) atoms. The minimum absolute atomic E-state index is 0.00240. The van der Waals surface area contributed by atoms with Crippen molar-refractivity contribution < 1.29 is 24.5 Å². The van der Waals surface area contributed by atoms with Crippen molar-refractivity contribution in [2.24, 2.45) is 0 Å². The second kappa shape index (κ2) is 62.1. The summed E-state index contributed by atoms with van der Waals surface area (Å²) in [6.45, 7) is 4.85. The van der Waals surface area contributed by atoms with Gasteiger partial charge in [0.2, 0.25) is 5.91 Å². The Morgan fingerprint density at radius 3 is 1.08 bits per heavy atom. The fourth-order valence-corrected chi connectivity index (χ4v) is 9.56. The molecule has 0 fully saturated rings. The van der Waals surface area contributed by atoms with Crippen molar-refractivity contribution >= 4 is 11.9 Å². The predicted molar refractivity (Wildman–Crippen MR) is 319 cm³/mol. The first-order valence-electron chi connectivity index (χ1n) is 32.1. The summed E-state index contributed by atoms with van der Waals surface area (Å²) in [5.41, 5.74) is 0. The van der Waals surface area contributed by atoms with Crippen LogP contribution in [0.15, 0.2) is 60.8 Å². The highest BCUT2D eigenvalue weighted by molar-refractivity contribution is 5.76. The van der Waals surface area contributed by atoms with Gasteiger partial charge in [-0.25, -0.2) is 0 Å². The van der Waals surface area contributed by atoms with Gasteiger partial charge in [0.15, 0.2) is 0 Å². The molecule has 0 aromatic rings. The van der Waals surface area contributed by atoms with Crippen LogP contribution in [0.3, 0.4) is 0 Å². The lowest BCUT2D eigenvalue weighted by Gasteiger charge is -2.20. The molecule has 0 aromatic carbocycles. The third-order valence-electron chi connectivity index (χ3n) is 14.5. The Bertz CT molecular complexity index is 1270. The molecule has 0 aliphatic rings. The third kappa shape index (κ3) is 58.7. The summed E-state index contributed by atoms with van der Waals surface area (Å²) in [5.74, 6) is -0.0711. The molecule has 0 heterocycles. The molecule has 426 valence electrons. The van der Waals surface area contributed by atoms with Gasteiger partial charge >= 0.3 is 5.97 Å². The number of aliphatic hydroxyl groups is 2. The van der Waals surface area contributed by atoms with Gasteiger partial charge in [0.1, 0.15) is 0 Å². The minimum atomic E-state index is -0.843. The van der Waals surface area contributed by atoms with Crippen LogP contribution in [-0.2, 0) is 14.3 Å². The van der Waals surface area contributed by atoms with Crippen LogP contribution >= 0.6 is 0 Å². The molecule has 3 N–H and O–H groups in total. The van der Waals surface area contributed by atoms with E-state index in [0.29, 0.717) is 19.4 Å². The maximum absolute atomic E-state index is 12.4. The lowest BCUT2D eigenvalue weighted by molar-refractivity contribution is -0.143. The van der Waals surface area contributed by atoms with Gasteiger partial charge in [-0.05, 0) is 89.9 Å². The number of aliphatic hydroxyl groups excluding tert-OH is 2. The van der Waals surface area contributed by atoms with Crippen LogP contribution in [0.2, 0.25) is 0 Å². The molecule has 0 saturated carbocycles. The Morgan fingerprint density at radius 2 is 0.699 bits per heavy atom. The Labute approximate surface area is 454 Å². The van der Waals surface area contributed by atoms with E-state index in [0.717, 1.165) is 57.8 Å². The number of nitrogens with one attached hydrogen (secondary N) is 1. The monoisotopic (exact) mass is 1020 g/mol. The van der Waals surface area contributed by atoms with E-state index in [2.05, 4.69) is 67.8 Å². The van der Waals surface area contributed by atoms with Crippen LogP contribution in [-0.4, -0.2) is 47.4 Å². The standard InChI is InChI=1S/C67H123NO5/c1-3-5-7-9-11-13-15-16-37-41-45-49-53-57-61-67(72)73-62-58-54-50-46-42-38-35-33-31-29-27-25-23-21-19-17-18-20-22-24-26-28-30-32-34-36-40-44-48-52-56-60-66(71)68-64(63-69)65(70)59-55-51-47-43-39-14-12-10-8-6-4-2/h9,11,15-16,19,21,25,27,55,59,64-65,69-70H,3-8,10,12-14,17-18,20,22-24,26,28-54,56-58,60-63H2,1-2H3,(H,68,71)/b11-9-,16-15-,21-19-,27-25-,59-55+. The molecule has 0 rings (SSSR count). The number of amides is 1. The summed E-state index contributed by atoms with van der Waals surface area (Å²) >= 11 is 0. The van der Waals surface area contributed by atoms with Crippen LogP contribution in [0.4, 0.5) is 0 Å². The van der Waals surface area contributed by atoms with Crippen molar-refractivity contribution in [3.05, 3.63) is 60.8 Å². The number of hydrogen-bond donors (Lipinski definition) is 3. The summed E-state index contributed by atoms with van der Waals surface area (Å²) in [7, 11) is 0. The van der Waals surface area contributed by atoms with Gasteiger partial charge in [-0.3, -0.25) is 9.59 Å². The van der Waals surface area contributed by atoms with Crippen molar-refractivity contribution in [3.8, 4) is 0 Å². The largest absolute Gasteiger partial charge is 0.466 e. The fourth-order valence-electron chi connectivity index (χ4n) is 9.56. The van der Waals surface area contributed by atoms with E-state index in [1.807, 2.05) is 6.08 Å². The quantitative estimate of drug-likeness (QED) is 0.0320. The van der Waals surface area contributed by atoms with E-state index in [4.69, 9.17) is 4.74 Å². The van der Waals surface area contributed by atoms with Gasteiger partial charge in [0.25, 0.3) is 0 Å². The predicted octanol–water partition coefficient (Wildman–Crippen LogP) is 20.3. The van der Waals surface area contributed by atoms with Gasteiger partial charge in [-0.2, -0.15) is 0 Å². The second-order valence-electron chi connectivity index (χ2n) is 21.7. The first-order chi connectivity index (χ1) is 36.0. The van der Waals surface area contributed by atoms with Crippen LogP contribution in [0.25, 0.3) is 0 Å². The Balaban J connectivity index is 3.40. The molecule has 0 bridgehead atoms. The minimum Gasteiger partial charge on any atom is -0.466 e. The van der Waals surface area contributed by atoms with Gasteiger partial charge in [0.05, 0.1) is 25.4 Å². The number of rotatable bonds is 59. The summed E-state index contributed by atoms with van der Waals surface area (Å²) in [5, 5.41) is 23.0. The highest BCUT2D eigenvalue weighted by Gasteiger charge is 2.18. The van der Waals surface area contributed by atoms with Gasteiger partial charge in [-0.15, -0.1) is 0 Å². The molecule has 0 aromatic heterocycles. The molecule has 0 spiro atoms. The molecular weight excluding hydrogens is 899 g/mol. The number of esters is 1. The average Bonchev–Trinajstić information content (AvgIpc) is 3.39. The number of hydrogen-bond acceptors (Lipinski definition) is 5. The smallest absolute Gasteiger partial charge is 0.305 e. The lowest BCUT2D eigenvalue weighted by atomic mass is 10.0. The van der Waals surface area contributed by atoms with Crippen molar-refractivity contribution in [2.45, 2.75) is 341 Å². The Kier molecular flexibility index (Phi) is 60.0. The van der Waals surface area contributed by atoms with Crippen LogP contribution in [0.1, 0.15) is 328 Å². The maximum atomic E-state index is 12.4. The normalized spacial score (nSPS) is 13.0. The topological polar surface area (TPSA) is 95.9 Å². The van der Waals surface area contributed by atoms with E-state index in [-0.39, 0.29) is 18.5 Å². The molecule has 1 amide bonds. The van der Waals surface area contributed by atoms with Gasteiger partial charge in [-0.1, -0.05) is 286 Å². The first kappa shape index (κ1) is 70.6. The molecule has 0 aliphatic carbocycles. The number of unbranched alkanes of at least 4 members (excludes halogenated alkanes) is 40. The van der Waals surface area contributed by atoms with Crippen molar-refractivity contribution in [1.82, 2.24) is 5.32 Å². The molecule has 6 nitrogen and oxygen atoms in total. The zero-order valence-electron chi connectivity index (χ0n) is 48.6. The molecule has 0 aliphatic heterocycles. The highest BCUT2D eigenvalue weighted by Crippen LogP contribution is 2.17. The van der Waals surface area contributed by atoms with E-state index >= 15 is 0 Å². The number of allylic oxidation sites excluding steroid dienone is 9. The van der Waals surface area contributed by atoms with Crippen LogP contribution in [0, 0.1) is 0 Å². The van der Waals surface area contributed by atoms with Gasteiger partial charge in [0, 0.05) is 12.8 Å². The number of ether oxygens (including phenoxy) is 1. The SMILES string of the molecule is CCCC/C=C\C/C=C\CCCCCCCC(=O)OCCCCCCCCCCC/C=C\C/C=C\CCCCCCCCCCCCCCCCCC(=O)NC(CO)C(O)/C=C/CCCCCCCCCCC. The lowest BCUT2D eigenvalue weighted by Crippen LogP contribution is -2.45. The third-order valence-corrected chi connectivity index (χ3v) is 14.5. The summed E-state index contributed by atoms with van der Waals surface area (Å²) in [6.07, 6.45) is 81.4. The van der Waals surface area contributed by atoms with Crippen molar-refractivity contribution in [3.63, 3.8) is 0 Å². The highest BCUT2D eigenvalue weighted by atomic mass is 16.5.